The van der Waals surface area contributed by atoms with Gasteiger partial charge in [-0.2, -0.15) is 10.2 Å². The fraction of sp³-hybridized carbons (Fsp3) is 0.133. The molecule has 3 rings (SSSR count). The molecule has 2 aromatic heterocycles. The Balaban J connectivity index is 1.61. The number of aromatic amines is 1. The number of nitrogens with one attached hydrogen (secondary N) is 2. The van der Waals surface area contributed by atoms with Gasteiger partial charge in [0.2, 0.25) is 0 Å². The normalized spacial score (nSPS) is 10.7. The summed E-state index contributed by atoms with van der Waals surface area (Å²) in [6.45, 7) is 0.917. The number of benzene rings is 1. The van der Waals surface area contributed by atoms with Crippen LogP contribution in [0, 0.1) is 0 Å². The van der Waals surface area contributed by atoms with E-state index < -0.39 is 0 Å². The fourth-order valence-corrected chi connectivity index (χ4v) is 2.26. The monoisotopic (exact) mass is 331 g/mol. The van der Waals surface area contributed by atoms with Crippen LogP contribution < -0.4 is 5.32 Å². The number of nitrogens with zero attached hydrogens (tertiary/aromatic N) is 3. The molecule has 0 fully saturated rings. The second-order valence-electron chi connectivity index (χ2n) is 4.86. The highest BCUT2D eigenvalue weighted by atomic mass is 35.5. The summed E-state index contributed by atoms with van der Waals surface area (Å²) >= 11 is 5.77. The molecular formula is C15H14ClN5O2. The van der Waals surface area contributed by atoms with Crippen molar-refractivity contribution in [2.45, 2.75) is 6.54 Å². The molecular weight excluding hydrogens is 318 g/mol. The number of para-hydroxylation sites is 1. The van der Waals surface area contributed by atoms with Gasteiger partial charge in [0.15, 0.2) is 0 Å². The van der Waals surface area contributed by atoms with Crippen LogP contribution in [0.2, 0.25) is 5.02 Å². The van der Waals surface area contributed by atoms with Gasteiger partial charge in [0.05, 0.1) is 23.5 Å². The number of phenols is 1. The Hall–Kier alpha value is -2.80. The van der Waals surface area contributed by atoms with Crippen molar-refractivity contribution in [3.05, 3.63) is 53.4 Å². The van der Waals surface area contributed by atoms with Crippen LogP contribution in [0.4, 0.5) is 0 Å². The summed E-state index contributed by atoms with van der Waals surface area (Å²) in [4.78, 5) is 12.1. The number of hydrogen-bond donors (Lipinski definition) is 3. The molecule has 0 saturated carbocycles. The van der Waals surface area contributed by atoms with Crippen LogP contribution in [0.1, 0.15) is 10.5 Å². The Bertz CT molecular complexity index is 827. The first-order valence-electron chi connectivity index (χ1n) is 6.93. The lowest BCUT2D eigenvalue weighted by atomic mass is 10.1. The number of aromatic nitrogens is 4. The zero-order valence-corrected chi connectivity index (χ0v) is 12.8. The average Bonchev–Trinajstić information content (AvgIpc) is 3.17. The summed E-state index contributed by atoms with van der Waals surface area (Å²) in [5.74, 6) is -0.168. The van der Waals surface area contributed by atoms with E-state index in [1.165, 1.54) is 6.20 Å². The van der Waals surface area contributed by atoms with Crippen molar-refractivity contribution < 1.29 is 9.90 Å². The van der Waals surface area contributed by atoms with Gasteiger partial charge in [0.25, 0.3) is 5.91 Å². The Labute approximate surface area is 136 Å². The van der Waals surface area contributed by atoms with Crippen LogP contribution >= 0.6 is 11.6 Å². The number of aromatic hydroxyl groups is 1. The molecule has 0 unspecified atom stereocenters. The summed E-state index contributed by atoms with van der Waals surface area (Å²) in [5, 5.41) is 23.9. The summed E-state index contributed by atoms with van der Waals surface area (Å²) in [5.41, 5.74) is 1.39. The van der Waals surface area contributed by atoms with Crippen molar-refractivity contribution in [3.8, 4) is 17.0 Å². The van der Waals surface area contributed by atoms with Crippen molar-refractivity contribution in [2.24, 2.45) is 0 Å². The third-order valence-electron chi connectivity index (χ3n) is 3.23. The van der Waals surface area contributed by atoms with E-state index in [1.54, 1.807) is 41.2 Å². The third-order valence-corrected chi connectivity index (χ3v) is 3.43. The maximum Gasteiger partial charge on any atom is 0.269 e. The van der Waals surface area contributed by atoms with Crippen molar-refractivity contribution in [1.29, 1.82) is 0 Å². The third kappa shape index (κ3) is 3.51. The molecule has 0 aliphatic carbocycles. The molecule has 8 heteroatoms. The number of halogens is 1. The van der Waals surface area contributed by atoms with Crippen LogP contribution in [0.3, 0.4) is 0 Å². The predicted molar refractivity (Wildman–Crippen MR) is 85.3 cm³/mol. The molecule has 2 heterocycles. The first-order chi connectivity index (χ1) is 11.1. The smallest absolute Gasteiger partial charge is 0.269 e. The lowest BCUT2D eigenvalue weighted by molar-refractivity contribution is 0.0947. The van der Waals surface area contributed by atoms with Crippen LogP contribution in [-0.4, -0.2) is 37.5 Å². The van der Waals surface area contributed by atoms with Gasteiger partial charge in [-0.1, -0.05) is 23.7 Å². The van der Waals surface area contributed by atoms with Gasteiger partial charge in [0.1, 0.15) is 11.4 Å². The van der Waals surface area contributed by atoms with Gasteiger partial charge in [-0.15, -0.1) is 0 Å². The number of phenolic OH excluding ortho intramolecular Hbond substituents is 1. The Morgan fingerprint density at radius 3 is 2.96 bits per heavy atom. The van der Waals surface area contributed by atoms with Crippen molar-refractivity contribution in [3.63, 3.8) is 0 Å². The number of carbonyl (C=O) groups is 1. The summed E-state index contributed by atoms with van der Waals surface area (Å²) < 4.78 is 1.64. The molecule has 0 spiro atoms. The highest BCUT2D eigenvalue weighted by molar-refractivity contribution is 6.30. The maximum atomic E-state index is 12.1. The zero-order chi connectivity index (χ0) is 16.2. The van der Waals surface area contributed by atoms with Crippen LogP contribution in [-0.2, 0) is 6.54 Å². The molecule has 0 saturated heterocycles. The first kappa shape index (κ1) is 15.1. The molecule has 118 valence electrons. The van der Waals surface area contributed by atoms with E-state index in [0.717, 1.165) is 0 Å². The molecule has 0 bridgehead atoms. The molecule has 1 aromatic carbocycles. The average molecular weight is 332 g/mol. The second-order valence-corrected chi connectivity index (χ2v) is 5.30. The molecule has 0 atom stereocenters. The van der Waals surface area contributed by atoms with E-state index in [1.807, 2.05) is 0 Å². The molecule has 0 radical (unpaired) electrons. The van der Waals surface area contributed by atoms with Gasteiger partial charge in [0, 0.05) is 18.3 Å². The van der Waals surface area contributed by atoms with Gasteiger partial charge in [-0.25, -0.2) is 0 Å². The number of amides is 1. The lowest BCUT2D eigenvalue weighted by Crippen LogP contribution is -2.27. The number of H-pyrrole nitrogens is 1. The molecule has 0 aliphatic heterocycles. The SMILES string of the molecule is O=C(NCCn1cc(Cl)cn1)c1cc(-c2ccccc2O)n[nH]1. The largest absolute Gasteiger partial charge is 0.507 e. The fourth-order valence-electron chi connectivity index (χ4n) is 2.11. The molecule has 7 nitrogen and oxygen atoms in total. The van der Waals surface area contributed by atoms with E-state index in [9.17, 15) is 9.90 Å². The lowest BCUT2D eigenvalue weighted by Gasteiger charge is -2.03. The van der Waals surface area contributed by atoms with Crippen molar-refractivity contribution in [1.82, 2.24) is 25.3 Å². The van der Waals surface area contributed by atoms with Gasteiger partial charge >= 0.3 is 0 Å². The quantitative estimate of drug-likeness (QED) is 0.666. The highest BCUT2D eigenvalue weighted by Gasteiger charge is 2.12. The minimum atomic E-state index is -0.280. The van der Waals surface area contributed by atoms with E-state index in [-0.39, 0.29) is 11.7 Å². The Morgan fingerprint density at radius 2 is 2.22 bits per heavy atom. The topological polar surface area (TPSA) is 95.8 Å². The van der Waals surface area contributed by atoms with Gasteiger partial charge < -0.3 is 10.4 Å². The predicted octanol–water partition coefficient (Wildman–Crippen LogP) is 2.06. The van der Waals surface area contributed by atoms with Crippen LogP contribution in [0.5, 0.6) is 5.75 Å². The Kier molecular flexibility index (Phi) is 4.29. The summed E-state index contributed by atoms with van der Waals surface area (Å²) in [7, 11) is 0. The minimum Gasteiger partial charge on any atom is -0.507 e. The summed E-state index contributed by atoms with van der Waals surface area (Å²) in [6, 6.07) is 8.40. The van der Waals surface area contributed by atoms with E-state index in [4.69, 9.17) is 11.6 Å². The second kappa shape index (κ2) is 6.53. The molecule has 1 amide bonds. The molecule has 0 aliphatic rings. The Morgan fingerprint density at radius 1 is 1.39 bits per heavy atom. The van der Waals surface area contributed by atoms with Crippen LogP contribution in [0.25, 0.3) is 11.3 Å². The zero-order valence-electron chi connectivity index (χ0n) is 12.0. The van der Waals surface area contributed by atoms with E-state index in [0.29, 0.717) is 35.1 Å². The van der Waals surface area contributed by atoms with Gasteiger partial charge in [-0.3, -0.25) is 14.6 Å². The standard InChI is InChI=1S/C15H14ClN5O2/c16-10-8-18-21(9-10)6-5-17-15(23)13-7-12(19-20-13)11-3-1-2-4-14(11)22/h1-4,7-9,22H,5-6H2,(H,17,23)(H,19,20). The van der Waals surface area contributed by atoms with Crippen molar-refractivity contribution >= 4 is 17.5 Å². The first-order valence-corrected chi connectivity index (χ1v) is 7.31. The highest BCUT2D eigenvalue weighted by Crippen LogP contribution is 2.27. The van der Waals surface area contributed by atoms with E-state index in [2.05, 4.69) is 20.6 Å². The number of rotatable bonds is 5. The van der Waals surface area contributed by atoms with Crippen molar-refractivity contribution in [2.75, 3.05) is 6.54 Å². The molecule has 3 N–H and O–H groups in total. The van der Waals surface area contributed by atoms with Crippen LogP contribution in [0.15, 0.2) is 42.7 Å². The van der Waals surface area contributed by atoms with Gasteiger partial charge in [-0.05, 0) is 18.2 Å². The van der Waals surface area contributed by atoms with E-state index >= 15 is 0 Å². The number of hydrogen-bond acceptors (Lipinski definition) is 4. The summed E-state index contributed by atoms with van der Waals surface area (Å²) in [6.07, 6.45) is 3.22. The minimum absolute atomic E-state index is 0.113. The number of carbonyl (C=O) groups excluding carboxylic acids is 1. The molecule has 23 heavy (non-hydrogen) atoms. The maximum absolute atomic E-state index is 12.1. The molecule has 3 aromatic rings.